The first kappa shape index (κ1) is 18.1. The fraction of sp³-hybridized carbons (Fsp3) is 0.238. The van der Waals surface area contributed by atoms with Gasteiger partial charge in [-0.2, -0.15) is 0 Å². The zero-order valence-electron chi connectivity index (χ0n) is 14.6. The second-order valence-electron chi connectivity index (χ2n) is 6.57. The van der Waals surface area contributed by atoms with Crippen LogP contribution < -0.4 is 0 Å². The first-order valence-electron chi connectivity index (χ1n) is 8.94. The molecule has 1 aliphatic rings. The van der Waals surface area contributed by atoms with Crippen molar-refractivity contribution >= 4 is 29.1 Å². The molecular formula is C21H18Cl2N2O2. The smallest absolute Gasteiger partial charge is 0.276 e. The minimum absolute atomic E-state index is 0.119. The van der Waals surface area contributed by atoms with Crippen LogP contribution in [-0.2, 0) is 0 Å². The highest BCUT2D eigenvalue weighted by Crippen LogP contribution is 2.34. The van der Waals surface area contributed by atoms with Crippen molar-refractivity contribution in [2.75, 3.05) is 13.1 Å². The highest BCUT2D eigenvalue weighted by Gasteiger charge is 2.27. The molecule has 27 heavy (non-hydrogen) atoms. The number of amides is 1. The second-order valence-corrected chi connectivity index (χ2v) is 7.45. The first-order chi connectivity index (χ1) is 13.1. The number of hydrogen-bond acceptors (Lipinski definition) is 3. The van der Waals surface area contributed by atoms with Crippen molar-refractivity contribution in [3.63, 3.8) is 0 Å². The SMILES string of the molecule is O=C(c1nc(-c2ccccc2)oc1-c1cc(Cl)cc(Cl)c1)N1CCCCC1. The lowest BCUT2D eigenvalue weighted by Gasteiger charge is -2.26. The summed E-state index contributed by atoms with van der Waals surface area (Å²) in [5.74, 6) is 0.683. The summed E-state index contributed by atoms with van der Waals surface area (Å²) in [5.41, 5.74) is 1.75. The van der Waals surface area contributed by atoms with Gasteiger partial charge < -0.3 is 9.32 Å². The molecule has 6 heteroatoms. The number of hydrogen-bond donors (Lipinski definition) is 0. The second kappa shape index (κ2) is 7.75. The third kappa shape index (κ3) is 3.87. The van der Waals surface area contributed by atoms with E-state index in [2.05, 4.69) is 4.98 Å². The van der Waals surface area contributed by atoms with Crippen molar-refractivity contribution in [2.24, 2.45) is 0 Å². The molecule has 0 atom stereocenters. The maximum absolute atomic E-state index is 13.1. The fourth-order valence-corrected chi connectivity index (χ4v) is 3.82. The maximum atomic E-state index is 13.1. The van der Waals surface area contributed by atoms with E-state index in [1.807, 2.05) is 35.2 Å². The summed E-state index contributed by atoms with van der Waals surface area (Å²) < 4.78 is 6.03. The molecule has 4 rings (SSSR count). The fourth-order valence-electron chi connectivity index (χ4n) is 3.30. The van der Waals surface area contributed by atoms with Crippen LogP contribution in [0.1, 0.15) is 29.8 Å². The monoisotopic (exact) mass is 400 g/mol. The number of carbonyl (C=O) groups is 1. The molecule has 1 fully saturated rings. The van der Waals surface area contributed by atoms with Crippen molar-refractivity contribution < 1.29 is 9.21 Å². The highest BCUT2D eigenvalue weighted by atomic mass is 35.5. The Labute approximate surface area is 167 Å². The number of aromatic nitrogens is 1. The van der Waals surface area contributed by atoms with E-state index in [-0.39, 0.29) is 5.91 Å². The molecule has 4 nitrogen and oxygen atoms in total. The summed E-state index contributed by atoms with van der Waals surface area (Å²) in [6.07, 6.45) is 3.16. The zero-order valence-corrected chi connectivity index (χ0v) is 16.1. The van der Waals surface area contributed by atoms with Crippen LogP contribution in [-0.4, -0.2) is 28.9 Å². The molecule has 0 radical (unpaired) electrons. The van der Waals surface area contributed by atoms with E-state index in [9.17, 15) is 4.79 Å². The summed E-state index contributed by atoms with van der Waals surface area (Å²) in [5, 5.41) is 0.957. The van der Waals surface area contributed by atoms with Gasteiger partial charge in [0.25, 0.3) is 5.91 Å². The Morgan fingerprint density at radius 2 is 1.59 bits per heavy atom. The van der Waals surface area contributed by atoms with Gasteiger partial charge in [0.2, 0.25) is 5.89 Å². The van der Waals surface area contributed by atoms with Crippen LogP contribution in [0, 0.1) is 0 Å². The number of oxazole rings is 1. The van der Waals surface area contributed by atoms with E-state index >= 15 is 0 Å². The minimum Gasteiger partial charge on any atom is -0.435 e. The molecule has 3 aromatic rings. The summed E-state index contributed by atoms with van der Waals surface area (Å²) >= 11 is 12.3. The van der Waals surface area contributed by atoms with Gasteiger partial charge in [0.05, 0.1) is 0 Å². The summed E-state index contributed by atoms with van der Waals surface area (Å²) in [4.78, 5) is 19.5. The summed E-state index contributed by atoms with van der Waals surface area (Å²) in [7, 11) is 0. The molecule has 138 valence electrons. The normalized spacial score (nSPS) is 14.4. The highest BCUT2D eigenvalue weighted by molar-refractivity contribution is 6.35. The maximum Gasteiger partial charge on any atom is 0.276 e. The quantitative estimate of drug-likeness (QED) is 0.546. The number of nitrogens with zero attached hydrogens (tertiary/aromatic N) is 2. The Kier molecular flexibility index (Phi) is 5.19. The Bertz CT molecular complexity index is 943. The molecular weight excluding hydrogens is 383 g/mol. The molecule has 1 saturated heterocycles. The molecule has 2 heterocycles. The molecule has 1 aliphatic heterocycles. The van der Waals surface area contributed by atoms with Crippen LogP contribution in [0.15, 0.2) is 52.9 Å². The number of benzene rings is 2. The van der Waals surface area contributed by atoms with Gasteiger partial charge in [0, 0.05) is 34.3 Å². The van der Waals surface area contributed by atoms with Gasteiger partial charge >= 0.3 is 0 Å². The Morgan fingerprint density at radius 1 is 0.926 bits per heavy atom. The van der Waals surface area contributed by atoms with Crippen molar-refractivity contribution in [3.8, 4) is 22.8 Å². The third-order valence-corrected chi connectivity index (χ3v) is 5.05. The average molecular weight is 401 g/mol. The largest absolute Gasteiger partial charge is 0.435 e. The van der Waals surface area contributed by atoms with Gasteiger partial charge in [-0.25, -0.2) is 4.98 Å². The molecule has 0 aliphatic carbocycles. The standard InChI is InChI=1S/C21H18Cl2N2O2/c22-16-11-15(12-17(23)13-16)19-18(21(26)25-9-5-2-6-10-25)24-20(27-19)14-7-3-1-4-8-14/h1,3-4,7-8,11-13H,2,5-6,9-10H2. The lowest BCUT2D eigenvalue weighted by molar-refractivity contribution is 0.0719. The molecule has 0 spiro atoms. The van der Waals surface area contributed by atoms with Crippen LogP contribution in [0.25, 0.3) is 22.8 Å². The van der Waals surface area contributed by atoms with E-state index in [1.54, 1.807) is 18.2 Å². The van der Waals surface area contributed by atoms with Gasteiger partial charge in [-0.05, 0) is 49.6 Å². The average Bonchev–Trinajstić information content (AvgIpc) is 3.13. The summed E-state index contributed by atoms with van der Waals surface area (Å²) in [6, 6.07) is 14.6. The van der Waals surface area contributed by atoms with Crippen LogP contribution in [0.2, 0.25) is 10.0 Å². The lowest BCUT2D eigenvalue weighted by atomic mass is 10.1. The molecule has 0 bridgehead atoms. The number of likely N-dealkylation sites (tertiary alicyclic amines) is 1. The minimum atomic E-state index is -0.119. The summed E-state index contributed by atoms with van der Waals surface area (Å²) in [6.45, 7) is 1.48. The van der Waals surface area contributed by atoms with E-state index in [4.69, 9.17) is 27.6 Å². The van der Waals surface area contributed by atoms with Crippen molar-refractivity contribution in [2.45, 2.75) is 19.3 Å². The van der Waals surface area contributed by atoms with Gasteiger partial charge in [-0.1, -0.05) is 41.4 Å². The first-order valence-corrected chi connectivity index (χ1v) is 9.69. The number of rotatable bonds is 3. The number of carbonyl (C=O) groups excluding carboxylic acids is 1. The van der Waals surface area contributed by atoms with E-state index < -0.39 is 0 Å². The van der Waals surface area contributed by atoms with Gasteiger partial charge in [-0.15, -0.1) is 0 Å². The van der Waals surface area contributed by atoms with Crippen LogP contribution in [0.4, 0.5) is 0 Å². The zero-order chi connectivity index (χ0) is 18.8. The topological polar surface area (TPSA) is 46.3 Å². The van der Waals surface area contributed by atoms with Crippen molar-refractivity contribution in [1.29, 1.82) is 0 Å². The van der Waals surface area contributed by atoms with Gasteiger partial charge in [-0.3, -0.25) is 4.79 Å². The van der Waals surface area contributed by atoms with Gasteiger partial charge in [0.1, 0.15) is 0 Å². The predicted molar refractivity (Wildman–Crippen MR) is 107 cm³/mol. The van der Waals surface area contributed by atoms with Crippen LogP contribution >= 0.6 is 23.2 Å². The molecule has 1 amide bonds. The molecule has 0 unspecified atom stereocenters. The molecule has 2 aromatic carbocycles. The number of halogens is 2. The van der Waals surface area contributed by atoms with E-state index in [0.29, 0.717) is 33.0 Å². The Morgan fingerprint density at radius 3 is 2.26 bits per heavy atom. The lowest BCUT2D eigenvalue weighted by Crippen LogP contribution is -2.36. The molecule has 0 N–H and O–H groups in total. The Hall–Kier alpha value is -2.30. The van der Waals surface area contributed by atoms with Crippen molar-refractivity contribution in [1.82, 2.24) is 9.88 Å². The van der Waals surface area contributed by atoms with Crippen LogP contribution in [0.5, 0.6) is 0 Å². The Balaban J connectivity index is 1.82. The van der Waals surface area contributed by atoms with Crippen LogP contribution in [0.3, 0.4) is 0 Å². The molecule has 0 saturated carbocycles. The third-order valence-electron chi connectivity index (χ3n) is 4.62. The van der Waals surface area contributed by atoms with Crippen molar-refractivity contribution in [3.05, 3.63) is 64.3 Å². The molecule has 1 aromatic heterocycles. The predicted octanol–water partition coefficient (Wildman–Crippen LogP) is 5.94. The number of piperidine rings is 1. The van der Waals surface area contributed by atoms with E-state index in [1.165, 1.54) is 0 Å². The van der Waals surface area contributed by atoms with E-state index in [0.717, 1.165) is 37.9 Å². The van der Waals surface area contributed by atoms with Gasteiger partial charge in [0.15, 0.2) is 11.5 Å².